The third-order valence-electron chi connectivity index (χ3n) is 1.62. The summed E-state index contributed by atoms with van der Waals surface area (Å²) in [5.74, 6) is -0.453. The molecule has 0 amide bonds. The monoisotopic (exact) mass is 294 g/mol. The lowest BCUT2D eigenvalue weighted by molar-refractivity contribution is -0.139. The highest BCUT2D eigenvalue weighted by Gasteiger charge is 1.95. The first-order chi connectivity index (χ1) is 9.72. The van der Waals surface area contributed by atoms with Crippen molar-refractivity contribution in [1.29, 1.82) is 0 Å². The Morgan fingerprint density at radius 1 is 0.950 bits per heavy atom. The molecule has 0 aromatic rings. The summed E-state index contributed by atoms with van der Waals surface area (Å²) < 4.78 is 24.2. The average Bonchev–Trinajstić information content (AvgIpc) is 2.45. The third-order valence-corrected chi connectivity index (χ3v) is 1.62. The highest BCUT2D eigenvalue weighted by Crippen LogP contribution is 1.83. The second-order valence-electron chi connectivity index (χ2n) is 3.34. The Labute approximate surface area is 120 Å². The lowest BCUT2D eigenvalue weighted by Crippen LogP contribution is -2.13. The van der Waals surface area contributed by atoms with Gasteiger partial charge in [0.25, 0.3) is 0 Å². The zero-order valence-corrected chi connectivity index (χ0v) is 12.3. The van der Waals surface area contributed by atoms with Gasteiger partial charge in [-0.15, -0.1) is 0 Å². The number of esters is 1. The maximum absolute atomic E-state index is 10.6. The molecular weight excluding hydrogens is 268 g/mol. The number of hydrogen-bond acceptors (Lipinski definition) is 7. The van der Waals surface area contributed by atoms with Crippen LogP contribution in [0.4, 0.5) is 0 Å². The van der Waals surface area contributed by atoms with Gasteiger partial charge in [-0.05, 0) is 0 Å². The Morgan fingerprint density at radius 2 is 1.35 bits per heavy atom. The number of methoxy groups -OCH3 is 1. The fourth-order valence-electron chi connectivity index (χ4n) is 0.867. The third kappa shape index (κ3) is 22.2. The smallest absolute Gasteiger partial charge is 0.330 e. The SMILES string of the molecule is C=CC(=O)OCCOCCOCCOCCO.COC. The zero-order valence-electron chi connectivity index (χ0n) is 12.3. The Hall–Kier alpha value is -0.990. The molecule has 0 aliphatic heterocycles. The number of aliphatic hydroxyl groups is 1. The van der Waals surface area contributed by atoms with Gasteiger partial charge in [0.2, 0.25) is 0 Å². The standard InChI is InChI=1S/C11H20O6.C2H6O/c1-2-11(13)17-10-9-16-8-7-15-6-5-14-4-3-12;1-3-2/h2,12H,1,3-10H2;1-2H3. The average molecular weight is 294 g/mol. The molecule has 20 heavy (non-hydrogen) atoms. The minimum absolute atomic E-state index is 0.0204. The minimum Gasteiger partial charge on any atom is -0.460 e. The fraction of sp³-hybridized carbons (Fsp3) is 0.769. The molecule has 120 valence electrons. The Morgan fingerprint density at radius 3 is 1.75 bits per heavy atom. The predicted octanol–water partition coefficient (Wildman–Crippen LogP) is 0.0203. The molecule has 0 saturated heterocycles. The topological polar surface area (TPSA) is 83.5 Å². The molecule has 0 aromatic carbocycles. The molecule has 0 unspecified atom stereocenters. The molecule has 0 rings (SSSR count). The number of carbonyl (C=O) groups excluding carboxylic acids is 1. The van der Waals surface area contributed by atoms with Crippen molar-refractivity contribution in [2.75, 3.05) is 67.1 Å². The van der Waals surface area contributed by atoms with Crippen molar-refractivity contribution in [3.63, 3.8) is 0 Å². The Balaban J connectivity index is 0. The van der Waals surface area contributed by atoms with Crippen LogP contribution in [0.25, 0.3) is 0 Å². The van der Waals surface area contributed by atoms with Crippen LogP contribution < -0.4 is 0 Å². The number of hydrogen-bond donors (Lipinski definition) is 1. The van der Waals surface area contributed by atoms with Crippen LogP contribution in [0, 0.1) is 0 Å². The molecule has 7 nitrogen and oxygen atoms in total. The maximum atomic E-state index is 10.6. The van der Waals surface area contributed by atoms with Crippen molar-refractivity contribution in [1.82, 2.24) is 0 Å². The summed E-state index contributed by atoms with van der Waals surface area (Å²) in [5, 5.41) is 8.42. The van der Waals surface area contributed by atoms with E-state index in [1.165, 1.54) is 0 Å². The lowest BCUT2D eigenvalue weighted by Gasteiger charge is -2.06. The van der Waals surface area contributed by atoms with Gasteiger partial charge in [-0.2, -0.15) is 0 Å². The summed E-state index contributed by atoms with van der Waals surface area (Å²) in [6.07, 6.45) is 1.11. The van der Waals surface area contributed by atoms with Gasteiger partial charge in [0.05, 0.1) is 46.2 Å². The molecule has 7 heteroatoms. The van der Waals surface area contributed by atoms with Crippen molar-refractivity contribution < 1.29 is 33.6 Å². The van der Waals surface area contributed by atoms with Crippen molar-refractivity contribution in [2.24, 2.45) is 0 Å². The van der Waals surface area contributed by atoms with Crippen molar-refractivity contribution >= 4 is 5.97 Å². The molecule has 0 aliphatic rings. The molecule has 0 fully saturated rings. The predicted molar refractivity (Wildman–Crippen MR) is 73.6 cm³/mol. The molecule has 1 N–H and O–H groups in total. The minimum atomic E-state index is -0.453. The first-order valence-electron chi connectivity index (χ1n) is 6.26. The van der Waals surface area contributed by atoms with Crippen LogP contribution in [0.5, 0.6) is 0 Å². The largest absolute Gasteiger partial charge is 0.460 e. The van der Waals surface area contributed by atoms with Crippen LogP contribution in [0.15, 0.2) is 12.7 Å². The first kappa shape index (κ1) is 21.3. The normalized spacial score (nSPS) is 9.55. The van der Waals surface area contributed by atoms with Gasteiger partial charge in [-0.3, -0.25) is 0 Å². The van der Waals surface area contributed by atoms with Crippen LogP contribution in [0.3, 0.4) is 0 Å². The highest BCUT2D eigenvalue weighted by atomic mass is 16.6. The van der Waals surface area contributed by atoms with Gasteiger partial charge >= 0.3 is 5.97 Å². The molecule has 0 saturated carbocycles. The van der Waals surface area contributed by atoms with Gasteiger partial charge < -0.3 is 28.8 Å². The van der Waals surface area contributed by atoms with E-state index < -0.39 is 5.97 Å². The summed E-state index contributed by atoms with van der Waals surface area (Å²) in [6, 6.07) is 0. The molecule has 0 atom stereocenters. The van der Waals surface area contributed by atoms with E-state index in [4.69, 9.17) is 24.1 Å². The molecule has 0 aliphatic carbocycles. The summed E-state index contributed by atoms with van der Waals surface area (Å²) in [5.41, 5.74) is 0. The van der Waals surface area contributed by atoms with Gasteiger partial charge in [0, 0.05) is 20.3 Å². The van der Waals surface area contributed by atoms with E-state index in [0.717, 1.165) is 6.08 Å². The molecule has 0 heterocycles. The summed E-state index contributed by atoms with van der Waals surface area (Å²) in [7, 11) is 3.25. The second kappa shape index (κ2) is 20.3. The van der Waals surface area contributed by atoms with Gasteiger partial charge in [0.1, 0.15) is 6.61 Å². The van der Waals surface area contributed by atoms with Crippen LogP contribution in [0.2, 0.25) is 0 Å². The van der Waals surface area contributed by atoms with Crippen LogP contribution in [-0.2, 0) is 28.5 Å². The second-order valence-corrected chi connectivity index (χ2v) is 3.34. The van der Waals surface area contributed by atoms with E-state index in [1.807, 2.05) is 0 Å². The van der Waals surface area contributed by atoms with Crippen LogP contribution in [0.1, 0.15) is 0 Å². The van der Waals surface area contributed by atoms with E-state index in [2.05, 4.69) is 11.3 Å². The number of rotatable bonds is 12. The van der Waals surface area contributed by atoms with Gasteiger partial charge in [-0.25, -0.2) is 4.79 Å². The molecule has 0 bridgehead atoms. The lowest BCUT2D eigenvalue weighted by atomic mass is 10.6. The number of aliphatic hydroxyl groups excluding tert-OH is 1. The van der Waals surface area contributed by atoms with E-state index in [1.54, 1.807) is 14.2 Å². The summed E-state index contributed by atoms with van der Waals surface area (Å²) >= 11 is 0. The molecule has 0 radical (unpaired) electrons. The van der Waals surface area contributed by atoms with Crippen LogP contribution in [-0.4, -0.2) is 78.2 Å². The Kier molecular flexibility index (Phi) is 21.7. The fourth-order valence-corrected chi connectivity index (χ4v) is 0.867. The van der Waals surface area contributed by atoms with E-state index in [-0.39, 0.29) is 13.2 Å². The Bertz CT molecular complexity index is 209. The zero-order chi connectivity index (χ0) is 15.5. The van der Waals surface area contributed by atoms with Crippen molar-refractivity contribution in [3.8, 4) is 0 Å². The van der Waals surface area contributed by atoms with E-state index in [0.29, 0.717) is 39.6 Å². The first-order valence-corrected chi connectivity index (χ1v) is 6.26. The van der Waals surface area contributed by atoms with E-state index >= 15 is 0 Å². The quantitative estimate of drug-likeness (QED) is 0.308. The molecular formula is C13H26O7. The van der Waals surface area contributed by atoms with Crippen LogP contribution >= 0.6 is 0 Å². The number of carbonyl (C=O) groups is 1. The summed E-state index contributed by atoms with van der Waals surface area (Å²) in [4.78, 5) is 10.6. The maximum Gasteiger partial charge on any atom is 0.330 e. The number of ether oxygens (including phenoxy) is 5. The van der Waals surface area contributed by atoms with Gasteiger partial charge in [0.15, 0.2) is 0 Å². The summed E-state index contributed by atoms with van der Waals surface area (Å²) in [6.45, 7) is 5.98. The molecule has 0 spiro atoms. The van der Waals surface area contributed by atoms with E-state index in [9.17, 15) is 4.79 Å². The van der Waals surface area contributed by atoms with Crippen molar-refractivity contribution in [3.05, 3.63) is 12.7 Å². The molecule has 0 aromatic heterocycles. The van der Waals surface area contributed by atoms with Crippen molar-refractivity contribution in [2.45, 2.75) is 0 Å². The van der Waals surface area contributed by atoms with Gasteiger partial charge in [-0.1, -0.05) is 6.58 Å². The highest BCUT2D eigenvalue weighted by molar-refractivity contribution is 5.81.